The van der Waals surface area contributed by atoms with Crippen LogP contribution in [0.1, 0.15) is 5.69 Å². The van der Waals surface area contributed by atoms with Gasteiger partial charge in [-0.05, 0) is 42.5 Å². The fourth-order valence-electron chi connectivity index (χ4n) is 3.71. The van der Waals surface area contributed by atoms with Gasteiger partial charge in [-0.3, -0.25) is 25.0 Å². The Labute approximate surface area is 263 Å². The molecule has 0 radical (unpaired) electrons. The topological polar surface area (TPSA) is 190 Å². The monoisotopic (exact) mass is 642 g/mol. The molecule has 1 amide bonds. The van der Waals surface area contributed by atoms with Gasteiger partial charge in [-0.15, -0.1) is 0 Å². The molecule has 234 valence electrons. The second-order valence-electron chi connectivity index (χ2n) is 8.92. The highest BCUT2D eigenvalue weighted by Gasteiger charge is 2.24. The van der Waals surface area contributed by atoms with Crippen LogP contribution >= 0.6 is 0 Å². The first-order valence-electron chi connectivity index (χ1n) is 13.5. The van der Waals surface area contributed by atoms with Crippen LogP contribution in [0.15, 0.2) is 97.2 Å². The van der Waals surface area contributed by atoms with Crippen molar-refractivity contribution in [2.75, 3.05) is 30.4 Å². The first kappa shape index (κ1) is 31.3. The molecule has 4 aromatic heterocycles. The van der Waals surface area contributed by atoms with Crippen molar-refractivity contribution in [1.82, 2.24) is 29.9 Å². The number of hydrogen-bond acceptors (Lipinski definition) is 13. The average molecular weight is 643 g/mol. The van der Waals surface area contributed by atoms with E-state index in [4.69, 9.17) is 18.9 Å². The van der Waals surface area contributed by atoms with Crippen molar-refractivity contribution in [3.8, 4) is 34.5 Å². The standard InChI is InChI=1S/C30H26N8O7S/c1-42-23-7-2-3-8-24(23)45-26-28(38-46(40,41)19-11-22-6-4-5-12-33-22)36-27(21-9-13-31-14-10-21)37-29(26)43-17-18-44-30(39)35-25-20-32-15-16-34-25/h2-16,19-20H,17-18H2,1H3,(H,34,35,39)(H,36,37,38)/b19-11+. The smallest absolute Gasteiger partial charge is 0.412 e. The van der Waals surface area contributed by atoms with E-state index in [-0.39, 0.29) is 48.1 Å². The molecule has 5 rings (SSSR count). The van der Waals surface area contributed by atoms with Gasteiger partial charge in [0.2, 0.25) is 5.75 Å². The second kappa shape index (κ2) is 15.0. The van der Waals surface area contributed by atoms with Crippen molar-refractivity contribution in [3.05, 3.63) is 103 Å². The molecule has 0 fully saturated rings. The van der Waals surface area contributed by atoms with Crippen LogP contribution in [0.3, 0.4) is 0 Å². The third-order valence-corrected chi connectivity index (χ3v) is 6.72. The summed E-state index contributed by atoms with van der Waals surface area (Å²) in [5, 5.41) is 3.38. The molecule has 0 aliphatic carbocycles. The summed E-state index contributed by atoms with van der Waals surface area (Å²) in [7, 11) is -2.72. The predicted molar refractivity (Wildman–Crippen MR) is 167 cm³/mol. The van der Waals surface area contributed by atoms with E-state index in [0.717, 1.165) is 5.41 Å². The van der Waals surface area contributed by atoms with Crippen molar-refractivity contribution < 1.29 is 32.2 Å². The lowest BCUT2D eigenvalue weighted by Gasteiger charge is -2.18. The number of pyridine rings is 2. The Morgan fingerprint density at radius 2 is 1.67 bits per heavy atom. The van der Waals surface area contributed by atoms with Crippen LogP contribution in [0, 0.1) is 0 Å². The molecular weight excluding hydrogens is 616 g/mol. The van der Waals surface area contributed by atoms with Gasteiger partial charge in [0, 0.05) is 36.5 Å². The lowest BCUT2D eigenvalue weighted by Crippen LogP contribution is -2.19. The number of carbonyl (C=O) groups is 1. The van der Waals surface area contributed by atoms with E-state index in [1.54, 1.807) is 54.6 Å². The molecular formula is C30H26N8O7S. The van der Waals surface area contributed by atoms with Gasteiger partial charge >= 0.3 is 6.09 Å². The fraction of sp³-hybridized carbons (Fsp3) is 0.100. The molecule has 5 aromatic rings. The van der Waals surface area contributed by atoms with E-state index in [1.165, 1.54) is 50.4 Å². The number of methoxy groups -OCH3 is 1. The van der Waals surface area contributed by atoms with Gasteiger partial charge in [-0.25, -0.2) is 23.2 Å². The Morgan fingerprint density at radius 3 is 2.41 bits per heavy atom. The molecule has 46 heavy (non-hydrogen) atoms. The Balaban J connectivity index is 1.47. The quantitative estimate of drug-likeness (QED) is 0.170. The van der Waals surface area contributed by atoms with E-state index in [1.807, 2.05) is 0 Å². The summed E-state index contributed by atoms with van der Waals surface area (Å²) in [6.07, 6.45) is 9.37. The largest absolute Gasteiger partial charge is 0.493 e. The summed E-state index contributed by atoms with van der Waals surface area (Å²) in [4.78, 5) is 37.1. The molecule has 0 atom stereocenters. The maximum Gasteiger partial charge on any atom is 0.412 e. The number of nitrogens with one attached hydrogen (secondary N) is 2. The predicted octanol–water partition coefficient (Wildman–Crippen LogP) is 4.56. The molecule has 0 saturated heterocycles. The Bertz CT molecular complexity index is 1900. The second-order valence-corrected chi connectivity index (χ2v) is 10.5. The summed E-state index contributed by atoms with van der Waals surface area (Å²) in [6.45, 7) is -0.419. The fourth-order valence-corrected chi connectivity index (χ4v) is 4.51. The molecule has 0 aliphatic heterocycles. The Kier molecular flexibility index (Phi) is 10.2. The lowest BCUT2D eigenvalue weighted by atomic mass is 10.2. The van der Waals surface area contributed by atoms with Gasteiger partial charge in [0.15, 0.2) is 29.0 Å². The van der Waals surface area contributed by atoms with Gasteiger partial charge in [-0.1, -0.05) is 18.2 Å². The van der Waals surface area contributed by atoms with E-state index >= 15 is 0 Å². The summed E-state index contributed by atoms with van der Waals surface area (Å²) in [5.41, 5.74) is 0.929. The minimum atomic E-state index is -4.17. The van der Waals surface area contributed by atoms with Crippen LogP contribution in [0.2, 0.25) is 0 Å². The first-order valence-corrected chi connectivity index (χ1v) is 15.0. The van der Waals surface area contributed by atoms with Gasteiger partial charge in [0.05, 0.1) is 24.4 Å². The van der Waals surface area contributed by atoms with Crippen molar-refractivity contribution >= 4 is 33.8 Å². The van der Waals surface area contributed by atoms with Crippen molar-refractivity contribution in [2.45, 2.75) is 0 Å². The van der Waals surface area contributed by atoms with Crippen LogP contribution in [0.4, 0.5) is 16.4 Å². The average Bonchev–Trinajstić information content (AvgIpc) is 3.08. The number of rotatable bonds is 13. The van der Waals surface area contributed by atoms with Crippen LogP contribution in [-0.2, 0) is 14.8 Å². The van der Waals surface area contributed by atoms with Gasteiger partial charge in [0.25, 0.3) is 15.9 Å². The van der Waals surface area contributed by atoms with Crippen molar-refractivity contribution in [1.29, 1.82) is 0 Å². The van der Waals surface area contributed by atoms with Crippen LogP contribution in [-0.4, -0.2) is 64.7 Å². The van der Waals surface area contributed by atoms with E-state index in [9.17, 15) is 13.2 Å². The number of sulfonamides is 1. The normalized spacial score (nSPS) is 11.1. The SMILES string of the molecule is COc1ccccc1Oc1c(NS(=O)(=O)/C=C/c2ccccn2)nc(-c2ccncc2)nc1OCCOC(=O)Nc1cnccn1. The molecule has 0 unspecified atom stereocenters. The van der Waals surface area contributed by atoms with Crippen LogP contribution in [0.5, 0.6) is 23.1 Å². The van der Waals surface area contributed by atoms with E-state index < -0.39 is 16.1 Å². The molecule has 2 N–H and O–H groups in total. The number of anilines is 2. The highest BCUT2D eigenvalue weighted by Crippen LogP contribution is 2.41. The molecule has 0 aliphatic rings. The van der Waals surface area contributed by atoms with Crippen LogP contribution < -0.4 is 24.2 Å². The summed E-state index contributed by atoms with van der Waals surface area (Å²) < 4.78 is 51.6. The number of aromatic nitrogens is 6. The van der Waals surface area contributed by atoms with Gasteiger partial charge in [-0.2, -0.15) is 4.98 Å². The number of amides is 1. The van der Waals surface area contributed by atoms with Gasteiger partial charge < -0.3 is 18.9 Å². The molecule has 0 spiro atoms. The summed E-state index contributed by atoms with van der Waals surface area (Å²) in [5.74, 6) is 0.289. The number of para-hydroxylation sites is 2. The number of benzene rings is 1. The minimum Gasteiger partial charge on any atom is -0.493 e. The number of hydrogen-bond donors (Lipinski definition) is 2. The summed E-state index contributed by atoms with van der Waals surface area (Å²) >= 11 is 0. The first-order chi connectivity index (χ1) is 22.4. The Morgan fingerprint density at radius 1 is 0.870 bits per heavy atom. The van der Waals surface area contributed by atoms with Crippen molar-refractivity contribution in [3.63, 3.8) is 0 Å². The maximum atomic E-state index is 13.3. The van der Waals surface area contributed by atoms with Crippen LogP contribution in [0.25, 0.3) is 17.5 Å². The highest BCUT2D eigenvalue weighted by atomic mass is 32.2. The highest BCUT2D eigenvalue weighted by molar-refractivity contribution is 7.95. The molecule has 1 aromatic carbocycles. The third kappa shape index (κ3) is 8.70. The van der Waals surface area contributed by atoms with E-state index in [0.29, 0.717) is 17.0 Å². The minimum absolute atomic E-state index is 0.0949. The molecule has 15 nitrogen and oxygen atoms in total. The zero-order valence-electron chi connectivity index (χ0n) is 24.2. The maximum absolute atomic E-state index is 13.3. The summed E-state index contributed by atoms with van der Waals surface area (Å²) in [6, 6.07) is 15.1. The molecule has 0 bridgehead atoms. The molecule has 4 heterocycles. The number of carbonyl (C=O) groups excluding carboxylic acids is 1. The number of nitrogens with zero attached hydrogens (tertiary/aromatic N) is 6. The third-order valence-electron chi connectivity index (χ3n) is 5.75. The molecule has 16 heteroatoms. The van der Waals surface area contributed by atoms with Gasteiger partial charge in [0.1, 0.15) is 13.2 Å². The van der Waals surface area contributed by atoms with Crippen molar-refractivity contribution in [2.24, 2.45) is 0 Å². The zero-order valence-corrected chi connectivity index (χ0v) is 25.0. The Hall–Kier alpha value is -6.16. The van der Waals surface area contributed by atoms with E-state index in [2.05, 4.69) is 39.9 Å². The number of ether oxygens (including phenoxy) is 4. The zero-order chi connectivity index (χ0) is 32.2. The lowest BCUT2D eigenvalue weighted by molar-refractivity contribution is 0.135. The molecule has 0 saturated carbocycles.